The van der Waals surface area contributed by atoms with Crippen molar-refractivity contribution in [3.63, 3.8) is 0 Å². The third kappa shape index (κ3) is 4.51. The van der Waals surface area contributed by atoms with Crippen LogP contribution in [0.1, 0.15) is 5.69 Å². The molecule has 0 aliphatic carbocycles. The number of carbonyl (C=O) groups is 1. The Morgan fingerprint density at radius 3 is 2.63 bits per heavy atom. The monoisotopic (exact) mass is 528 g/mol. The van der Waals surface area contributed by atoms with Gasteiger partial charge < -0.3 is 49.8 Å². The molecule has 1 saturated heterocycles. The number of aliphatic hydroxyl groups is 4. The molecule has 8 atom stereocenters. The predicted octanol–water partition coefficient (Wildman–Crippen LogP) is 0.524. The quantitative estimate of drug-likeness (QED) is 0.211. The number of aliphatic carboxylic acids is 1. The molecule has 5 rings (SSSR count). The normalized spacial score (nSPS) is 31.6. The van der Waals surface area contributed by atoms with E-state index in [0.717, 1.165) is 22.6 Å². The van der Waals surface area contributed by atoms with Crippen molar-refractivity contribution in [3.8, 4) is 5.75 Å². The summed E-state index contributed by atoms with van der Waals surface area (Å²) in [6.45, 7) is 3.19. The molecule has 202 valence electrons. The molecule has 2 aliphatic heterocycles. The Hall–Kier alpha value is -3.52. The molecule has 0 spiro atoms. The average Bonchev–Trinajstić information content (AvgIpc) is 3.27. The second-order valence-corrected chi connectivity index (χ2v) is 9.37. The van der Waals surface area contributed by atoms with Gasteiger partial charge in [0.1, 0.15) is 30.2 Å². The van der Waals surface area contributed by atoms with Crippen LogP contribution < -0.4 is 0 Å². The molecule has 1 aromatic carbocycles. The van der Waals surface area contributed by atoms with E-state index in [4.69, 9.17) is 14.2 Å². The van der Waals surface area contributed by atoms with Crippen LogP contribution in [-0.4, -0.2) is 90.2 Å². The lowest BCUT2D eigenvalue weighted by atomic mass is 9.80. The van der Waals surface area contributed by atoms with Crippen LogP contribution in [0.4, 0.5) is 0 Å². The van der Waals surface area contributed by atoms with Gasteiger partial charge in [0.25, 0.3) is 0 Å². The number of carboxylic acids is 1. The highest BCUT2D eigenvalue weighted by Crippen LogP contribution is 2.38. The van der Waals surface area contributed by atoms with Gasteiger partial charge in [0, 0.05) is 34.3 Å². The molecule has 0 radical (unpaired) electrons. The number of aromatic nitrogens is 2. The highest BCUT2D eigenvalue weighted by atomic mass is 16.8. The van der Waals surface area contributed by atoms with Crippen LogP contribution in [0, 0.1) is 11.8 Å². The molecule has 12 heteroatoms. The first-order valence-electron chi connectivity index (χ1n) is 12.0. The molecular weight excluding hydrogens is 500 g/mol. The van der Waals surface area contributed by atoms with E-state index in [0.29, 0.717) is 11.2 Å². The minimum Gasteiger partial charge on any atom is -0.508 e. The van der Waals surface area contributed by atoms with Crippen molar-refractivity contribution >= 4 is 27.8 Å². The number of rotatable bonds is 7. The van der Waals surface area contributed by atoms with E-state index >= 15 is 0 Å². The summed E-state index contributed by atoms with van der Waals surface area (Å²) in [5.74, 6) is -2.59. The number of phenols is 1. The SMILES string of the molecule is C=C[C@H]1[C@H](O[C@H]2O[C@H](CO)[C@@H](O)[C@H](O)[C@H]2O)OC=C(C(=O)O)[C@H]1Cc1nccc2c1[nH]c1ccc(O)cc12. The molecule has 12 nitrogen and oxygen atoms in total. The van der Waals surface area contributed by atoms with Gasteiger partial charge in [-0.3, -0.25) is 4.98 Å². The predicted molar refractivity (Wildman–Crippen MR) is 132 cm³/mol. The third-order valence-corrected chi connectivity index (χ3v) is 7.14. The van der Waals surface area contributed by atoms with Gasteiger partial charge in [-0.1, -0.05) is 6.08 Å². The number of aliphatic hydroxyl groups excluding tert-OH is 4. The van der Waals surface area contributed by atoms with E-state index in [9.17, 15) is 35.4 Å². The molecule has 2 aromatic heterocycles. The van der Waals surface area contributed by atoms with E-state index in [1.807, 2.05) is 0 Å². The van der Waals surface area contributed by atoms with Crippen LogP contribution in [0.15, 0.2) is 55.0 Å². The molecule has 4 heterocycles. The molecule has 0 unspecified atom stereocenters. The van der Waals surface area contributed by atoms with Crippen LogP contribution >= 0.6 is 0 Å². The molecule has 2 aliphatic rings. The molecule has 38 heavy (non-hydrogen) atoms. The van der Waals surface area contributed by atoms with Gasteiger partial charge in [-0.25, -0.2) is 4.79 Å². The lowest BCUT2D eigenvalue weighted by molar-refractivity contribution is -0.339. The van der Waals surface area contributed by atoms with Crippen LogP contribution in [-0.2, 0) is 25.4 Å². The number of H-pyrrole nitrogens is 1. The van der Waals surface area contributed by atoms with Crippen molar-refractivity contribution in [1.82, 2.24) is 9.97 Å². The van der Waals surface area contributed by atoms with Crippen molar-refractivity contribution in [2.45, 2.75) is 43.4 Å². The van der Waals surface area contributed by atoms with E-state index < -0.39 is 61.4 Å². The number of pyridine rings is 1. The summed E-state index contributed by atoms with van der Waals surface area (Å²) in [4.78, 5) is 19.9. The first kappa shape index (κ1) is 26.1. The second-order valence-electron chi connectivity index (χ2n) is 9.37. The van der Waals surface area contributed by atoms with Gasteiger partial charge in [-0.05, 0) is 30.7 Å². The van der Waals surface area contributed by atoms with Crippen molar-refractivity contribution in [3.05, 3.63) is 60.6 Å². The Morgan fingerprint density at radius 2 is 1.92 bits per heavy atom. The Morgan fingerprint density at radius 1 is 1.13 bits per heavy atom. The zero-order valence-corrected chi connectivity index (χ0v) is 20.0. The smallest absolute Gasteiger partial charge is 0.335 e. The summed E-state index contributed by atoms with van der Waals surface area (Å²) < 4.78 is 16.8. The van der Waals surface area contributed by atoms with Gasteiger partial charge in [-0.15, -0.1) is 6.58 Å². The first-order valence-corrected chi connectivity index (χ1v) is 12.0. The molecule has 0 bridgehead atoms. The van der Waals surface area contributed by atoms with Gasteiger partial charge in [0.2, 0.25) is 6.29 Å². The van der Waals surface area contributed by atoms with Crippen LogP contribution in [0.25, 0.3) is 21.8 Å². The highest BCUT2D eigenvalue weighted by Gasteiger charge is 2.47. The molecular formula is C26H28N2O10. The fourth-order valence-corrected chi connectivity index (χ4v) is 5.11. The summed E-state index contributed by atoms with van der Waals surface area (Å²) in [6, 6.07) is 6.72. The van der Waals surface area contributed by atoms with Crippen molar-refractivity contribution in [2.75, 3.05) is 6.61 Å². The summed E-state index contributed by atoms with van der Waals surface area (Å²) in [7, 11) is 0. The molecule has 3 aromatic rings. The van der Waals surface area contributed by atoms with E-state index in [1.54, 1.807) is 30.5 Å². The fourth-order valence-electron chi connectivity index (χ4n) is 5.11. The minimum atomic E-state index is -1.66. The number of aromatic amines is 1. The number of carboxylic acid groups (broad SMARTS) is 1. The maximum absolute atomic E-state index is 12.1. The van der Waals surface area contributed by atoms with Gasteiger partial charge in [0.05, 0.1) is 29.7 Å². The van der Waals surface area contributed by atoms with Crippen LogP contribution in [0.3, 0.4) is 0 Å². The van der Waals surface area contributed by atoms with E-state index in [-0.39, 0.29) is 17.7 Å². The van der Waals surface area contributed by atoms with E-state index in [2.05, 4.69) is 16.5 Å². The Kier molecular flexibility index (Phi) is 7.09. The average molecular weight is 529 g/mol. The number of nitrogens with zero attached hydrogens (tertiary/aromatic N) is 1. The van der Waals surface area contributed by atoms with Gasteiger partial charge in [-0.2, -0.15) is 0 Å². The molecule has 0 saturated carbocycles. The zero-order chi connectivity index (χ0) is 27.1. The Bertz CT molecular complexity index is 1390. The highest BCUT2D eigenvalue weighted by molar-refractivity contribution is 6.08. The standard InChI is InChI=1S/C26H28N2O10/c1-2-12-14(8-18-20-13(5-6-27-18)15-7-11(30)3-4-17(15)28-20)16(24(34)35)10-36-25(12)38-26-23(33)22(32)21(31)19(9-29)37-26/h2-7,10,12,14,19,21-23,25-26,28-33H,1,8-9H2,(H,34,35)/t12-,14+,19-,21-,22+,23-,25+,26-/m1/s1. The van der Waals surface area contributed by atoms with Crippen molar-refractivity contribution in [1.29, 1.82) is 0 Å². The number of fused-ring (bicyclic) bond motifs is 3. The number of phenolic OH excluding ortho intramolecular Hbond substituents is 1. The molecule has 1 fully saturated rings. The van der Waals surface area contributed by atoms with Gasteiger partial charge in [0.15, 0.2) is 6.29 Å². The van der Waals surface area contributed by atoms with Gasteiger partial charge >= 0.3 is 5.97 Å². The lowest BCUT2D eigenvalue weighted by Crippen LogP contribution is -2.60. The molecule has 7 N–H and O–H groups in total. The maximum atomic E-state index is 12.1. The Labute approximate surface area is 216 Å². The van der Waals surface area contributed by atoms with Crippen LogP contribution in [0.5, 0.6) is 5.75 Å². The number of hydrogen-bond acceptors (Lipinski definition) is 10. The fraction of sp³-hybridized carbons (Fsp3) is 0.385. The van der Waals surface area contributed by atoms with E-state index in [1.165, 1.54) is 6.08 Å². The first-order chi connectivity index (χ1) is 18.2. The minimum absolute atomic E-state index is 0.0453. The number of benzene rings is 1. The third-order valence-electron chi connectivity index (χ3n) is 7.14. The summed E-state index contributed by atoms with van der Waals surface area (Å²) in [6.07, 6.45) is -4.45. The summed E-state index contributed by atoms with van der Waals surface area (Å²) in [5.41, 5.74) is 1.97. The Balaban J connectivity index is 1.47. The van der Waals surface area contributed by atoms with Crippen molar-refractivity contribution < 1.29 is 49.6 Å². The second kappa shape index (κ2) is 10.3. The topological polar surface area (TPSA) is 195 Å². The largest absolute Gasteiger partial charge is 0.508 e. The number of nitrogens with one attached hydrogen (secondary N) is 1. The number of aromatic hydroxyl groups is 1. The lowest BCUT2D eigenvalue weighted by Gasteiger charge is -2.43. The van der Waals surface area contributed by atoms with Crippen molar-refractivity contribution in [2.24, 2.45) is 11.8 Å². The maximum Gasteiger partial charge on any atom is 0.335 e. The summed E-state index contributed by atoms with van der Waals surface area (Å²) >= 11 is 0. The molecule has 0 amide bonds. The zero-order valence-electron chi connectivity index (χ0n) is 20.0. The number of hydrogen-bond donors (Lipinski definition) is 7. The van der Waals surface area contributed by atoms with Crippen LogP contribution in [0.2, 0.25) is 0 Å². The summed E-state index contributed by atoms with van der Waals surface area (Å²) in [5, 5.41) is 61.4. The number of ether oxygens (including phenoxy) is 3.